The minimum Gasteiger partial charge on any atom is -0.330 e. The average Bonchev–Trinajstić information content (AvgIpc) is 2.46. The molecule has 0 heterocycles. The van der Waals surface area contributed by atoms with Crippen LogP contribution in [-0.2, 0) is 6.42 Å². The molecule has 0 aliphatic heterocycles. The van der Waals surface area contributed by atoms with Gasteiger partial charge in [0, 0.05) is 6.04 Å². The molecule has 2 rings (SSSR count). The van der Waals surface area contributed by atoms with Crippen molar-refractivity contribution in [3.63, 3.8) is 0 Å². The van der Waals surface area contributed by atoms with Crippen molar-refractivity contribution in [1.82, 2.24) is 4.90 Å². The maximum absolute atomic E-state index is 6.01. The third-order valence-corrected chi connectivity index (χ3v) is 4.33. The van der Waals surface area contributed by atoms with Gasteiger partial charge >= 0.3 is 0 Å². The van der Waals surface area contributed by atoms with Gasteiger partial charge in [-0.2, -0.15) is 0 Å². The number of nitrogens with two attached hydrogens (primary N) is 1. The molecule has 0 saturated heterocycles. The maximum Gasteiger partial charge on any atom is 0.0142 e. The molecule has 1 aliphatic rings. The predicted octanol–water partition coefficient (Wildman–Crippen LogP) is 3.17. The Morgan fingerprint density at radius 1 is 1.16 bits per heavy atom. The molecule has 106 valence electrons. The van der Waals surface area contributed by atoms with E-state index in [1.54, 1.807) is 0 Å². The van der Waals surface area contributed by atoms with Gasteiger partial charge in [0.05, 0.1) is 0 Å². The van der Waals surface area contributed by atoms with Crippen LogP contribution in [0.2, 0.25) is 0 Å². The van der Waals surface area contributed by atoms with Gasteiger partial charge in [-0.3, -0.25) is 0 Å². The fourth-order valence-corrected chi connectivity index (χ4v) is 3.46. The smallest absolute Gasteiger partial charge is 0.0142 e. The summed E-state index contributed by atoms with van der Waals surface area (Å²) in [5.74, 6) is 0.547. The first-order valence-electron chi connectivity index (χ1n) is 7.82. The number of hydrogen-bond donors (Lipinski definition) is 1. The molecule has 0 spiro atoms. The summed E-state index contributed by atoms with van der Waals surface area (Å²) in [7, 11) is 0. The van der Waals surface area contributed by atoms with Crippen molar-refractivity contribution in [3.8, 4) is 0 Å². The summed E-state index contributed by atoms with van der Waals surface area (Å²) in [4.78, 5) is 2.68. The number of hydrogen-bond acceptors (Lipinski definition) is 2. The topological polar surface area (TPSA) is 29.3 Å². The van der Waals surface area contributed by atoms with Crippen molar-refractivity contribution in [2.45, 2.75) is 51.5 Å². The lowest BCUT2D eigenvalue weighted by Gasteiger charge is -2.38. The van der Waals surface area contributed by atoms with Gasteiger partial charge in [-0.1, -0.05) is 38.1 Å². The lowest BCUT2D eigenvalue weighted by atomic mass is 9.79. The number of nitrogens with zero attached hydrogens (tertiary/aromatic N) is 1. The third kappa shape index (κ3) is 3.37. The molecule has 0 fully saturated rings. The van der Waals surface area contributed by atoms with Crippen LogP contribution in [-0.4, -0.2) is 30.6 Å². The minimum absolute atomic E-state index is 0.547. The molecule has 0 saturated carbocycles. The van der Waals surface area contributed by atoms with Crippen molar-refractivity contribution < 1.29 is 0 Å². The Hall–Kier alpha value is -0.860. The second kappa shape index (κ2) is 7.06. The molecular weight excluding hydrogens is 232 g/mol. The first-order chi connectivity index (χ1) is 9.30. The first kappa shape index (κ1) is 14.5. The maximum atomic E-state index is 6.01. The molecule has 2 heteroatoms. The Morgan fingerprint density at radius 3 is 2.47 bits per heavy atom. The van der Waals surface area contributed by atoms with E-state index in [0.29, 0.717) is 12.0 Å². The van der Waals surface area contributed by atoms with Gasteiger partial charge < -0.3 is 10.6 Å². The molecule has 2 unspecified atom stereocenters. The second-order valence-electron chi connectivity index (χ2n) is 5.76. The van der Waals surface area contributed by atoms with E-state index in [1.807, 2.05) is 0 Å². The Morgan fingerprint density at radius 2 is 1.84 bits per heavy atom. The highest BCUT2D eigenvalue weighted by Gasteiger charge is 2.28. The van der Waals surface area contributed by atoms with E-state index >= 15 is 0 Å². The van der Waals surface area contributed by atoms with Crippen molar-refractivity contribution in [2.75, 3.05) is 19.6 Å². The largest absolute Gasteiger partial charge is 0.330 e. The van der Waals surface area contributed by atoms with Gasteiger partial charge in [0.1, 0.15) is 0 Å². The van der Waals surface area contributed by atoms with Crippen LogP contribution in [0, 0.1) is 0 Å². The van der Waals surface area contributed by atoms with Crippen molar-refractivity contribution in [2.24, 2.45) is 5.73 Å². The summed E-state index contributed by atoms with van der Waals surface area (Å²) in [5.41, 5.74) is 9.02. The SMILES string of the molecule is CCCN(CCC)C1Cc2ccccc2C(CN)C1. The Labute approximate surface area is 118 Å². The fraction of sp³-hybridized carbons (Fsp3) is 0.647. The van der Waals surface area contributed by atoms with Gasteiger partial charge in [-0.15, -0.1) is 0 Å². The number of rotatable bonds is 6. The van der Waals surface area contributed by atoms with Crippen LogP contribution in [0.5, 0.6) is 0 Å². The van der Waals surface area contributed by atoms with E-state index in [2.05, 4.69) is 43.0 Å². The Kier molecular flexibility index (Phi) is 5.41. The molecule has 2 atom stereocenters. The summed E-state index contributed by atoms with van der Waals surface area (Å²) in [6, 6.07) is 9.56. The monoisotopic (exact) mass is 260 g/mol. The molecule has 2 nitrogen and oxygen atoms in total. The molecule has 0 radical (unpaired) electrons. The average molecular weight is 260 g/mol. The van der Waals surface area contributed by atoms with Gasteiger partial charge in [0.2, 0.25) is 0 Å². The summed E-state index contributed by atoms with van der Waals surface area (Å²) < 4.78 is 0. The predicted molar refractivity (Wildman–Crippen MR) is 82.5 cm³/mol. The molecule has 19 heavy (non-hydrogen) atoms. The number of benzene rings is 1. The van der Waals surface area contributed by atoms with E-state index in [4.69, 9.17) is 5.73 Å². The van der Waals surface area contributed by atoms with Gasteiger partial charge in [0.15, 0.2) is 0 Å². The highest BCUT2D eigenvalue weighted by atomic mass is 15.1. The van der Waals surface area contributed by atoms with Crippen molar-refractivity contribution >= 4 is 0 Å². The van der Waals surface area contributed by atoms with Crippen LogP contribution in [0.1, 0.15) is 50.2 Å². The fourth-order valence-electron chi connectivity index (χ4n) is 3.46. The molecule has 0 bridgehead atoms. The zero-order chi connectivity index (χ0) is 13.7. The van der Waals surface area contributed by atoms with Gasteiger partial charge in [-0.05, 0) is 62.4 Å². The summed E-state index contributed by atoms with van der Waals surface area (Å²) in [5, 5.41) is 0. The van der Waals surface area contributed by atoms with E-state index in [-0.39, 0.29) is 0 Å². The highest BCUT2D eigenvalue weighted by Crippen LogP contribution is 2.33. The zero-order valence-corrected chi connectivity index (χ0v) is 12.4. The molecule has 1 aliphatic carbocycles. The van der Waals surface area contributed by atoms with Crippen molar-refractivity contribution in [1.29, 1.82) is 0 Å². The summed E-state index contributed by atoms with van der Waals surface area (Å²) in [6.07, 6.45) is 4.91. The molecule has 0 amide bonds. The van der Waals surface area contributed by atoms with Crippen LogP contribution in [0.25, 0.3) is 0 Å². The van der Waals surface area contributed by atoms with E-state index < -0.39 is 0 Å². The molecule has 1 aromatic carbocycles. The van der Waals surface area contributed by atoms with E-state index in [0.717, 1.165) is 6.54 Å². The van der Waals surface area contributed by atoms with Crippen LogP contribution in [0.3, 0.4) is 0 Å². The second-order valence-corrected chi connectivity index (χ2v) is 5.76. The van der Waals surface area contributed by atoms with E-state index in [1.165, 1.54) is 49.9 Å². The molecule has 2 N–H and O–H groups in total. The standard InChI is InChI=1S/C17H28N2/c1-3-9-19(10-4-2)16-11-14-7-5-6-8-17(14)15(12-16)13-18/h5-8,15-16H,3-4,9-13,18H2,1-2H3. The number of fused-ring (bicyclic) bond motifs is 1. The highest BCUT2D eigenvalue weighted by molar-refractivity contribution is 5.34. The third-order valence-electron chi connectivity index (χ3n) is 4.33. The lowest BCUT2D eigenvalue weighted by molar-refractivity contribution is 0.171. The molecule has 1 aromatic rings. The molecular formula is C17H28N2. The van der Waals surface area contributed by atoms with Gasteiger partial charge in [-0.25, -0.2) is 0 Å². The Bertz CT molecular complexity index is 383. The van der Waals surface area contributed by atoms with Crippen LogP contribution in [0.4, 0.5) is 0 Å². The zero-order valence-electron chi connectivity index (χ0n) is 12.4. The van der Waals surface area contributed by atoms with Crippen LogP contribution in [0.15, 0.2) is 24.3 Å². The van der Waals surface area contributed by atoms with Crippen LogP contribution < -0.4 is 5.73 Å². The summed E-state index contributed by atoms with van der Waals surface area (Å²) in [6.45, 7) is 7.77. The Balaban J connectivity index is 2.17. The summed E-state index contributed by atoms with van der Waals surface area (Å²) >= 11 is 0. The molecule has 0 aromatic heterocycles. The van der Waals surface area contributed by atoms with Crippen LogP contribution >= 0.6 is 0 Å². The first-order valence-corrected chi connectivity index (χ1v) is 7.82. The quantitative estimate of drug-likeness (QED) is 0.851. The van der Waals surface area contributed by atoms with Crippen molar-refractivity contribution in [3.05, 3.63) is 35.4 Å². The van der Waals surface area contributed by atoms with E-state index in [9.17, 15) is 0 Å². The normalized spacial score (nSPS) is 22.5. The lowest BCUT2D eigenvalue weighted by Crippen LogP contribution is -2.42. The van der Waals surface area contributed by atoms with Gasteiger partial charge in [0.25, 0.3) is 0 Å². The minimum atomic E-state index is 0.547.